The van der Waals surface area contributed by atoms with Crippen LogP contribution in [0.25, 0.3) is 17.2 Å². The van der Waals surface area contributed by atoms with E-state index >= 15 is 0 Å². The van der Waals surface area contributed by atoms with Crippen LogP contribution in [0.4, 0.5) is 0 Å². The minimum absolute atomic E-state index is 0.0351. The van der Waals surface area contributed by atoms with E-state index in [4.69, 9.17) is 0 Å². The summed E-state index contributed by atoms with van der Waals surface area (Å²) < 4.78 is 0. The number of hydrazine groups is 1. The van der Waals surface area contributed by atoms with Gasteiger partial charge < -0.3 is 0 Å². The summed E-state index contributed by atoms with van der Waals surface area (Å²) >= 11 is 1.81. The van der Waals surface area contributed by atoms with E-state index in [-0.39, 0.29) is 12.1 Å². The number of aryl methyl sites for hydroxylation is 1. The molecule has 4 aromatic rings. The van der Waals surface area contributed by atoms with Crippen LogP contribution in [0.5, 0.6) is 0 Å². The molecule has 4 heteroatoms. The first-order valence-corrected chi connectivity index (χ1v) is 17.3. The Morgan fingerprint density at radius 2 is 1.67 bits per heavy atom. The molecule has 2 aliphatic carbocycles. The van der Waals surface area contributed by atoms with Crippen molar-refractivity contribution in [3.8, 4) is 0 Å². The van der Waals surface area contributed by atoms with Gasteiger partial charge in [0.15, 0.2) is 0 Å². The molecule has 0 amide bonds. The van der Waals surface area contributed by atoms with E-state index in [1.54, 1.807) is 0 Å². The Hall–Kier alpha value is -4.19. The SMILES string of the molecule is C=C1/C=C\C=C/Sc2c1cccc2C1CCC(c2ccccc2)=CC1NCNNC(c1ccccc1)c1ccc2c(c1)CCC=C2. The fourth-order valence-electron chi connectivity index (χ4n) is 6.96. The van der Waals surface area contributed by atoms with Crippen LogP contribution in [0, 0.1) is 0 Å². The maximum Gasteiger partial charge on any atom is 0.0713 e. The van der Waals surface area contributed by atoms with Crippen molar-refractivity contribution in [2.24, 2.45) is 0 Å². The number of fused-ring (bicyclic) bond motifs is 2. The highest BCUT2D eigenvalue weighted by molar-refractivity contribution is 8.02. The van der Waals surface area contributed by atoms with Crippen molar-refractivity contribution in [3.05, 3.63) is 178 Å². The highest BCUT2D eigenvalue weighted by atomic mass is 32.2. The van der Waals surface area contributed by atoms with Crippen LogP contribution in [0.15, 0.2) is 144 Å². The maximum atomic E-state index is 4.38. The molecule has 3 aliphatic rings. The highest BCUT2D eigenvalue weighted by Crippen LogP contribution is 2.43. The van der Waals surface area contributed by atoms with E-state index in [1.165, 1.54) is 49.4 Å². The zero-order chi connectivity index (χ0) is 31.1. The third kappa shape index (κ3) is 6.81. The van der Waals surface area contributed by atoms with Crippen molar-refractivity contribution >= 4 is 29.0 Å². The molecule has 1 heterocycles. The zero-order valence-corrected chi connectivity index (χ0v) is 27.0. The second-order valence-corrected chi connectivity index (χ2v) is 13.1. The molecule has 0 fully saturated rings. The number of rotatable bonds is 9. The Labute approximate surface area is 277 Å². The van der Waals surface area contributed by atoms with E-state index in [9.17, 15) is 0 Å². The summed E-state index contributed by atoms with van der Waals surface area (Å²) in [6, 6.07) is 35.4. The average Bonchev–Trinajstić information content (AvgIpc) is 3.11. The molecule has 0 saturated carbocycles. The van der Waals surface area contributed by atoms with Crippen molar-refractivity contribution in [1.82, 2.24) is 16.2 Å². The van der Waals surface area contributed by atoms with Crippen molar-refractivity contribution in [1.29, 1.82) is 0 Å². The lowest BCUT2D eigenvalue weighted by atomic mass is 9.78. The second kappa shape index (κ2) is 14.5. The number of nitrogens with one attached hydrogen (secondary N) is 3. The molecule has 0 bridgehead atoms. The van der Waals surface area contributed by atoms with Gasteiger partial charge >= 0.3 is 0 Å². The molecule has 7 rings (SSSR count). The minimum atomic E-state index is 0.0351. The van der Waals surface area contributed by atoms with Gasteiger partial charge in [-0.25, -0.2) is 10.9 Å². The number of allylic oxidation sites excluding steroid dienone is 6. The van der Waals surface area contributed by atoms with Gasteiger partial charge in [-0.1, -0.05) is 152 Å². The fourth-order valence-corrected chi connectivity index (χ4v) is 7.94. The third-order valence-electron chi connectivity index (χ3n) is 9.33. The monoisotopic (exact) mass is 619 g/mol. The maximum absolute atomic E-state index is 4.38. The predicted molar refractivity (Wildman–Crippen MR) is 196 cm³/mol. The number of hydrogen-bond acceptors (Lipinski definition) is 4. The highest BCUT2D eigenvalue weighted by Gasteiger charge is 2.29. The van der Waals surface area contributed by atoms with Gasteiger partial charge in [-0.05, 0) is 81.2 Å². The number of thioether (sulfide) groups is 1. The van der Waals surface area contributed by atoms with Gasteiger partial charge in [0.05, 0.1) is 12.7 Å². The normalized spacial score (nSPS) is 20.9. The van der Waals surface area contributed by atoms with Crippen LogP contribution >= 0.6 is 11.8 Å². The molecule has 4 aromatic carbocycles. The first-order chi connectivity index (χ1) is 22.7. The Morgan fingerprint density at radius 3 is 2.54 bits per heavy atom. The molecule has 0 radical (unpaired) electrons. The van der Waals surface area contributed by atoms with Crippen molar-refractivity contribution in [2.75, 3.05) is 6.67 Å². The first-order valence-electron chi connectivity index (χ1n) is 16.4. The largest absolute Gasteiger partial charge is 0.297 e. The summed E-state index contributed by atoms with van der Waals surface area (Å²) in [6.45, 7) is 5.00. The lowest BCUT2D eigenvalue weighted by Gasteiger charge is -2.34. The Morgan fingerprint density at radius 1 is 0.826 bits per heavy atom. The molecule has 230 valence electrons. The van der Waals surface area contributed by atoms with Crippen LogP contribution < -0.4 is 16.2 Å². The van der Waals surface area contributed by atoms with Crippen molar-refractivity contribution in [2.45, 2.75) is 48.6 Å². The quantitative estimate of drug-likeness (QED) is 0.0991. The fraction of sp³-hybridized carbons (Fsp3) is 0.190. The minimum Gasteiger partial charge on any atom is -0.297 e. The predicted octanol–water partition coefficient (Wildman–Crippen LogP) is 9.60. The summed E-state index contributed by atoms with van der Waals surface area (Å²) in [5.74, 6) is 0.333. The topological polar surface area (TPSA) is 36.1 Å². The molecular formula is C42H41N3S. The number of hydrogen-bond donors (Lipinski definition) is 3. The molecule has 46 heavy (non-hydrogen) atoms. The molecule has 0 aromatic heterocycles. The molecule has 0 saturated heterocycles. The van der Waals surface area contributed by atoms with Gasteiger partial charge in [-0.3, -0.25) is 5.32 Å². The summed E-state index contributed by atoms with van der Waals surface area (Å²) in [5.41, 5.74) is 18.9. The molecule has 0 spiro atoms. The average molecular weight is 620 g/mol. The van der Waals surface area contributed by atoms with Crippen LogP contribution in [0.1, 0.15) is 70.2 Å². The molecule has 3 nitrogen and oxygen atoms in total. The van der Waals surface area contributed by atoms with Crippen LogP contribution in [0.3, 0.4) is 0 Å². The summed E-state index contributed by atoms with van der Waals surface area (Å²) in [5, 5.41) is 6.09. The Balaban J connectivity index is 1.14. The van der Waals surface area contributed by atoms with Crippen LogP contribution in [-0.2, 0) is 6.42 Å². The lowest BCUT2D eigenvalue weighted by Crippen LogP contribution is -2.46. The standard InChI is InChI=1S/C42H41N3S/c1-30-13-10-11-26-46-42-37(30)20-12-21-39(42)38-25-24-35(31-14-4-2-5-15-31)28-40(38)43-29-44-45-41(33-17-6-3-7-18-33)36-23-22-32-16-8-9-19-34(32)27-36/h2-8,10-18,20-23,26-28,38,40-41,43-45H,1,9,19,24-25,29H2/b13-10-,26-11-. The van der Waals surface area contributed by atoms with Gasteiger partial charge in [0.25, 0.3) is 0 Å². The number of benzene rings is 4. The zero-order valence-electron chi connectivity index (χ0n) is 26.2. The van der Waals surface area contributed by atoms with E-state index in [1.807, 2.05) is 11.8 Å². The molecule has 1 aliphatic heterocycles. The van der Waals surface area contributed by atoms with E-state index in [2.05, 4.69) is 162 Å². The molecule has 3 N–H and O–H groups in total. The lowest BCUT2D eigenvalue weighted by molar-refractivity contribution is 0.397. The summed E-state index contributed by atoms with van der Waals surface area (Å²) in [4.78, 5) is 1.32. The van der Waals surface area contributed by atoms with Gasteiger partial charge in [-0.15, -0.1) is 0 Å². The van der Waals surface area contributed by atoms with Gasteiger partial charge in [-0.2, -0.15) is 0 Å². The molecule has 3 unspecified atom stereocenters. The summed E-state index contributed by atoms with van der Waals surface area (Å²) in [6.07, 6.45) is 17.6. The van der Waals surface area contributed by atoms with Crippen LogP contribution in [-0.4, -0.2) is 12.7 Å². The van der Waals surface area contributed by atoms with Crippen molar-refractivity contribution in [3.63, 3.8) is 0 Å². The van der Waals surface area contributed by atoms with E-state index in [0.717, 1.165) is 31.3 Å². The van der Waals surface area contributed by atoms with Gasteiger partial charge in [0.2, 0.25) is 0 Å². The van der Waals surface area contributed by atoms with Gasteiger partial charge in [0.1, 0.15) is 0 Å². The smallest absolute Gasteiger partial charge is 0.0713 e. The van der Waals surface area contributed by atoms with E-state index in [0.29, 0.717) is 12.6 Å². The third-order valence-corrected chi connectivity index (χ3v) is 10.3. The molecular weight excluding hydrogens is 579 g/mol. The second-order valence-electron chi connectivity index (χ2n) is 12.2. The summed E-state index contributed by atoms with van der Waals surface area (Å²) in [7, 11) is 0. The Bertz CT molecular complexity index is 1800. The van der Waals surface area contributed by atoms with Gasteiger partial charge in [0, 0.05) is 16.9 Å². The van der Waals surface area contributed by atoms with Crippen molar-refractivity contribution < 1.29 is 0 Å². The van der Waals surface area contributed by atoms with Crippen LogP contribution in [0.2, 0.25) is 0 Å². The molecule has 3 atom stereocenters. The Kier molecular flexibility index (Phi) is 9.60. The van der Waals surface area contributed by atoms with E-state index < -0.39 is 0 Å². The first kappa shape index (κ1) is 30.5.